The number of carbonyl (C=O) groups excluding carboxylic acids is 2. The Morgan fingerprint density at radius 3 is 2.21 bits per heavy atom. The number of ether oxygens (including phenoxy) is 1. The number of esters is 1. The van der Waals surface area contributed by atoms with Gasteiger partial charge in [-0.25, -0.2) is 13.6 Å². The predicted octanol–water partition coefficient (Wildman–Crippen LogP) is 5.16. The molecular formula is C21H14ClF2NO3. The van der Waals surface area contributed by atoms with E-state index in [9.17, 15) is 18.4 Å². The molecule has 0 bridgehead atoms. The van der Waals surface area contributed by atoms with Crippen LogP contribution in [0, 0.1) is 11.6 Å². The van der Waals surface area contributed by atoms with Gasteiger partial charge in [-0.05, 0) is 36.4 Å². The molecule has 1 N–H and O–H groups in total. The summed E-state index contributed by atoms with van der Waals surface area (Å²) in [7, 11) is 0. The second-order valence-electron chi connectivity index (χ2n) is 5.79. The molecule has 0 aliphatic rings. The van der Waals surface area contributed by atoms with Crippen LogP contribution in [0.3, 0.4) is 0 Å². The van der Waals surface area contributed by atoms with E-state index in [4.69, 9.17) is 16.3 Å². The molecule has 0 aliphatic carbocycles. The van der Waals surface area contributed by atoms with Crippen LogP contribution in [0.5, 0.6) is 0 Å². The molecule has 142 valence electrons. The van der Waals surface area contributed by atoms with Crippen molar-refractivity contribution in [3.63, 3.8) is 0 Å². The first-order valence-corrected chi connectivity index (χ1v) is 8.60. The van der Waals surface area contributed by atoms with Crippen LogP contribution in [0.4, 0.5) is 14.5 Å². The van der Waals surface area contributed by atoms with Gasteiger partial charge in [0.2, 0.25) is 6.10 Å². The minimum Gasteiger partial charge on any atom is -0.444 e. The van der Waals surface area contributed by atoms with Crippen molar-refractivity contribution in [2.24, 2.45) is 0 Å². The van der Waals surface area contributed by atoms with Gasteiger partial charge in [0.15, 0.2) is 0 Å². The number of anilines is 1. The topological polar surface area (TPSA) is 55.4 Å². The number of nitrogens with one attached hydrogen (secondary N) is 1. The van der Waals surface area contributed by atoms with Gasteiger partial charge in [-0.1, -0.05) is 48.0 Å². The molecule has 0 aromatic heterocycles. The van der Waals surface area contributed by atoms with Crippen molar-refractivity contribution in [2.45, 2.75) is 6.10 Å². The average molecular weight is 402 g/mol. The van der Waals surface area contributed by atoms with Crippen molar-refractivity contribution in [1.82, 2.24) is 0 Å². The van der Waals surface area contributed by atoms with E-state index in [-0.39, 0.29) is 5.02 Å². The van der Waals surface area contributed by atoms with E-state index in [2.05, 4.69) is 5.32 Å². The zero-order valence-electron chi connectivity index (χ0n) is 14.4. The maximum atomic E-state index is 14.0. The summed E-state index contributed by atoms with van der Waals surface area (Å²) < 4.78 is 32.4. The molecule has 1 atom stereocenters. The molecule has 3 rings (SSSR count). The van der Waals surface area contributed by atoms with E-state index in [0.717, 1.165) is 6.07 Å². The summed E-state index contributed by atoms with van der Waals surface area (Å²) >= 11 is 5.90. The molecule has 7 heteroatoms. The second-order valence-corrected chi connectivity index (χ2v) is 6.20. The van der Waals surface area contributed by atoms with Gasteiger partial charge in [-0.2, -0.15) is 0 Å². The largest absolute Gasteiger partial charge is 0.444 e. The lowest BCUT2D eigenvalue weighted by Crippen LogP contribution is -2.26. The number of hydrogen-bond acceptors (Lipinski definition) is 3. The maximum absolute atomic E-state index is 14.0. The Hall–Kier alpha value is -3.25. The fraction of sp³-hybridized carbons (Fsp3) is 0.0476. The summed E-state index contributed by atoms with van der Waals surface area (Å²) in [5.74, 6) is -3.08. The Kier molecular flexibility index (Phi) is 6.01. The highest BCUT2D eigenvalue weighted by atomic mass is 35.5. The molecule has 0 aliphatic heterocycles. The van der Waals surface area contributed by atoms with Crippen LogP contribution in [0.15, 0.2) is 72.8 Å². The summed E-state index contributed by atoms with van der Waals surface area (Å²) in [6.45, 7) is 0. The lowest BCUT2D eigenvalue weighted by atomic mass is 10.1. The summed E-state index contributed by atoms with van der Waals surface area (Å²) in [5.41, 5.74) is 0.231. The van der Waals surface area contributed by atoms with Crippen LogP contribution >= 0.6 is 11.6 Å². The third-order valence-electron chi connectivity index (χ3n) is 3.84. The highest BCUT2D eigenvalue weighted by molar-refractivity contribution is 6.33. The van der Waals surface area contributed by atoms with Crippen LogP contribution in [-0.2, 0) is 9.53 Å². The Morgan fingerprint density at radius 1 is 0.893 bits per heavy atom. The summed E-state index contributed by atoms with van der Waals surface area (Å²) in [6.07, 6.45) is -1.37. The molecule has 0 unspecified atom stereocenters. The predicted molar refractivity (Wildman–Crippen MR) is 101 cm³/mol. The zero-order valence-corrected chi connectivity index (χ0v) is 15.1. The van der Waals surface area contributed by atoms with Crippen molar-refractivity contribution in [3.8, 4) is 0 Å². The van der Waals surface area contributed by atoms with E-state index in [1.807, 2.05) is 0 Å². The van der Waals surface area contributed by atoms with Crippen molar-refractivity contribution in [3.05, 3.63) is 101 Å². The fourth-order valence-electron chi connectivity index (χ4n) is 2.50. The molecule has 0 fully saturated rings. The highest BCUT2D eigenvalue weighted by Crippen LogP contribution is 2.25. The van der Waals surface area contributed by atoms with Gasteiger partial charge in [0, 0.05) is 11.3 Å². The minimum atomic E-state index is -1.37. The van der Waals surface area contributed by atoms with Crippen LogP contribution < -0.4 is 5.32 Å². The third kappa shape index (κ3) is 4.53. The first-order chi connectivity index (χ1) is 13.5. The summed E-state index contributed by atoms with van der Waals surface area (Å²) in [5, 5.41) is 2.42. The Bertz CT molecular complexity index is 974. The van der Waals surface area contributed by atoms with Gasteiger partial charge in [0.05, 0.1) is 5.02 Å². The third-order valence-corrected chi connectivity index (χ3v) is 4.16. The van der Waals surface area contributed by atoms with Gasteiger partial charge in [-0.3, -0.25) is 4.79 Å². The molecule has 0 saturated carbocycles. The minimum absolute atomic E-state index is 0.129. The quantitative estimate of drug-likeness (QED) is 0.601. The van der Waals surface area contributed by atoms with Crippen molar-refractivity contribution < 1.29 is 23.1 Å². The molecule has 3 aromatic carbocycles. The summed E-state index contributed by atoms with van der Waals surface area (Å²) in [6, 6.07) is 17.1. The average Bonchev–Trinajstić information content (AvgIpc) is 2.68. The van der Waals surface area contributed by atoms with Gasteiger partial charge in [0.25, 0.3) is 5.91 Å². The van der Waals surface area contributed by atoms with Crippen molar-refractivity contribution in [1.29, 1.82) is 0 Å². The number of hydrogen-bond donors (Lipinski definition) is 1. The van der Waals surface area contributed by atoms with E-state index >= 15 is 0 Å². The number of rotatable bonds is 5. The SMILES string of the molecule is O=C(O[C@H](C(=O)Nc1ccc(F)cc1)c1ccccc1)c1c(F)cccc1Cl. The first-order valence-electron chi connectivity index (χ1n) is 8.22. The molecule has 0 radical (unpaired) electrons. The van der Waals surface area contributed by atoms with Gasteiger partial charge < -0.3 is 10.1 Å². The number of amides is 1. The molecule has 28 heavy (non-hydrogen) atoms. The molecule has 3 aromatic rings. The van der Waals surface area contributed by atoms with Crippen molar-refractivity contribution >= 4 is 29.2 Å². The number of halogens is 3. The highest BCUT2D eigenvalue weighted by Gasteiger charge is 2.28. The van der Waals surface area contributed by atoms with E-state index in [0.29, 0.717) is 11.3 Å². The van der Waals surface area contributed by atoms with Crippen LogP contribution in [-0.4, -0.2) is 11.9 Å². The molecule has 0 saturated heterocycles. The lowest BCUT2D eigenvalue weighted by Gasteiger charge is -2.18. The number of benzene rings is 3. The first kappa shape index (κ1) is 19.5. The molecule has 0 spiro atoms. The molecular weight excluding hydrogens is 388 g/mol. The molecule has 1 amide bonds. The number of carbonyl (C=O) groups is 2. The lowest BCUT2D eigenvalue weighted by molar-refractivity contribution is -0.125. The van der Waals surface area contributed by atoms with Gasteiger partial charge in [-0.15, -0.1) is 0 Å². The Labute approximate surface area is 164 Å². The fourth-order valence-corrected chi connectivity index (χ4v) is 2.74. The molecule has 0 heterocycles. The Balaban J connectivity index is 1.88. The van der Waals surface area contributed by atoms with E-state index < -0.39 is 35.2 Å². The van der Waals surface area contributed by atoms with Gasteiger partial charge >= 0.3 is 5.97 Å². The zero-order chi connectivity index (χ0) is 20.1. The van der Waals surface area contributed by atoms with Crippen LogP contribution in [0.2, 0.25) is 5.02 Å². The molecule has 4 nitrogen and oxygen atoms in total. The maximum Gasteiger partial charge on any atom is 0.343 e. The van der Waals surface area contributed by atoms with Crippen LogP contribution in [0.25, 0.3) is 0 Å². The normalized spacial score (nSPS) is 11.5. The van der Waals surface area contributed by atoms with Crippen molar-refractivity contribution in [2.75, 3.05) is 5.32 Å². The standard InChI is InChI=1S/C21H14ClF2NO3/c22-16-7-4-8-17(24)18(16)21(27)28-19(13-5-2-1-3-6-13)20(26)25-15-11-9-14(23)10-12-15/h1-12,19H,(H,25,26)/t19-/m0/s1. The van der Waals surface area contributed by atoms with Gasteiger partial charge in [0.1, 0.15) is 17.2 Å². The Morgan fingerprint density at radius 2 is 1.57 bits per heavy atom. The van der Waals surface area contributed by atoms with E-state index in [1.54, 1.807) is 30.3 Å². The monoisotopic (exact) mass is 401 g/mol. The van der Waals surface area contributed by atoms with E-state index in [1.165, 1.54) is 36.4 Å². The smallest absolute Gasteiger partial charge is 0.343 e. The summed E-state index contributed by atoms with van der Waals surface area (Å²) in [4.78, 5) is 25.2. The van der Waals surface area contributed by atoms with Crippen LogP contribution in [0.1, 0.15) is 22.0 Å². The second kappa shape index (κ2) is 8.63.